The van der Waals surface area contributed by atoms with Gasteiger partial charge in [0.05, 0.1) is 17.0 Å². The van der Waals surface area contributed by atoms with Crippen molar-refractivity contribution < 1.29 is 18.4 Å². The van der Waals surface area contributed by atoms with Crippen molar-refractivity contribution in [1.29, 1.82) is 0 Å². The lowest BCUT2D eigenvalue weighted by atomic mass is 10.1. The second-order valence-corrected chi connectivity index (χ2v) is 7.45. The molecule has 0 radical (unpaired) electrons. The first-order chi connectivity index (χ1) is 14.1. The molecule has 148 valence electrons. The quantitative estimate of drug-likeness (QED) is 0.568. The van der Waals surface area contributed by atoms with E-state index < -0.39 is 11.7 Å². The van der Waals surface area contributed by atoms with Crippen LogP contribution < -0.4 is 10.6 Å². The molecular formula is C20H17FN4O3S. The third-order valence-electron chi connectivity index (χ3n) is 4.22. The number of thioether (sulfide) groups is 1. The van der Waals surface area contributed by atoms with Gasteiger partial charge < -0.3 is 15.1 Å². The fourth-order valence-electron chi connectivity index (χ4n) is 2.61. The Balaban J connectivity index is 1.37. The van der Waals surface area contributed by atoms with Crippen LogP contribution in [-0.4, -0.2) is 27.8 Å². The first kappa shape index (κ1) is 19.1. The van der Waals surface area contributed by atoms with Gasteiger partial charge in [0.1, 0.15) is 5.82 Å². The highest BCUT2D eigenvalue weighted by atomic mass is 32.2. The predicted octanol–water partition coefficient (Wildman–Crippen LogP) is 4.07. The lowest BCUT2D eigenvalue weighted by molar-refractivity contribution is -0.113. The third kappa shape index (κ3) is 5.00. The number of hydrogen-bond donors (Lipinski definition) is 2. The zero-order valence-corrected chi connectivity index (χ0v) is 16.0. The second kappa shape index (κ2) is 8.44. The Hall–Kier alpha value is -3.20. The Morgan fingerprint density at radius 3 is 2.59 bits per heavy atom. The van der Waals surface area contributed by atoms with Crippen molar-refractivity contribution in [2.75, 3.05) is 16.4 Å². The predicted molar refractivity (Wildman–Crippen MR) is 106 cm³/mol. The summed E-state index contributed by atoms with van der Waals surface area (Å²) in [6, 6.07) is 12.1. The molecule has 7 nitrogen and oxygen atoms in total. The largest absolute Gasteiger partial charge is 0.416 e. The van der Waals surface area contributed by atoms with Gasteiger partial charge in [0.15, 0.2) is 0 Å². The molecule has 0 spiro atoms. The van der Waals surface area contributed by atoms with E-state index in [1.54, 1.807) is 24.3 Å². The van der Waals surface area contributed by atoms with Gasteiger partial charge in [-0.15, -0.1) is 10.2 Å². The number of rotatable bonds is 7. The van der Waals surface area contributed by atoms with Gasteiger partial charge in [0.2, 0.25) is 11.8 Å². The van der Waals surface area contributed by atoms with E-state index in [1.165, 1.54) is 24.3 Å². The van der Waals surface area contributed by atoms with Crippen LogP contribution in [0.2, 0.25) is 0 Å². The topological polar surface area (TPSA) is 97.1 Å². The summed E-state index contributed by atoms with van der Waals surface area (Å²) in [7, 11) is 0. The van der Waals surface area contributed by atoms with Gasteiger partial charge in [0, 0.05) is 11.6 Å². The van der Waals surface area contributed by atoms with E-state index in [1.807, 2.05) is 0 Å². The van der Waals surface area contributed by atoms with E-state index in [0.29, 0.717) is 34.0 Å². The number of amides is 2. The van der Waals surface area contributed by atoms with Crippen LogP contribution in [-0.2, 0) is 4.79 Å². The number of para-hydroxylation sites is 1. The highest BCUT2D eigenvalue weighted by Crippen LogP contribution is 2.39. The maximum Gasteiger partial charge on any atom is 0.277 e. The molecule has 0 unspecified atom stereocenters. The van der Waals surface area contributed by atoms with Gasteiger partial charge >= 0.3 is 0 Å². The average Bonchev–Trinajstić information content (AvgIpc) is 3.46. The van der Waals surface area contributed by atoms with Crippen molar-refractivity contribution in [1.82, 2.24) is 10.2 Å². The molecule has 0 bridgehead atoms. The van der Waals surface area contributed by atoms with Gasteiger partial charge in [0.25, 0.3) is 11.1 Å². The Kier molecular flexibility index (Phi) is 5.57. The number of aromatic nitrogens is 2. The van der Waals surface area contributed by atoms with Crippen LogP contribution in [0.15, 0.2) is 58.2 Å². The molecule has 1 fully saturated rings. The van der Waals surface area contributed by atoms with E-state index in [9.17, 15) is 14.0 Å². The van der Waals surface area contributed by atoms with Crippen LogP contribution >= 0.6 is 11.8 Å². The molecule has 0 aliphatic heterocycles. The van der Waals surface area contributed by atoms with Crippen molar-refractivity contribution >= 4 is 35.0 Å². The molecule has 2 amide bonds. The molecule has 2 aromatic carbocycles. The van der Waals surface area contributed by atoms with Crippen LogP contribution in [0.3, 0.4) is 0 Å². The molecule has 2 N–H and O–H groups in total. The van der Waals surface area contributed by atoms with E-state index in [0.717, 1.165) is 24.6 Å². The normalized spacial score (nSPS) is 13.1. The molecule has 0 saturated heterocycles. The number of anilines is 2. The molecule has 0 atom stereocenters. The van der Waals surface area contributed by atoms with Crippen LogP contribution in [0, 0.1) is 5.82 Å². The van der Waals surface area contributed by atoms with E-state index >= 15 is 0 Å². The zero-order chi connectivity index (χ0) is 20.2. The summed E-state index contributed by atoms with van der Waals surface area (Å²) in [5, 5.41) is 13.7. The summed E-state index contributed by atoms with van der Waals surface area (Å²) >= 11 is 1.14. The van der Waals surface area contributed by atoms with E-state index in [2.05, 4.69) is 20.8 Å². The minimum Gasteiger partial charge on any atom is -0.416 e. The number of benzene rings is 2. The molecule has 3 aromatic rings. The van der Waals surface area contributed by atoms with Crippen molar-refractivity contribution in [3.63, 3.8) is 0 Å². The first-order valence-corrected chi connectivity index (χ1v) is 9.99. The molecule has 1 saturated carbocycles. The molecular weight excluding hydrogens is 395 g/mol. The van der Waals surface area contributed by atoms with Gasteiger partial charge in [-0.25, -0.2) is 4.39 Å². The molecule has 1 heterocycles. The highest BCUT2D eigenvalue weighted by Gasteiger charge is 2.29. The van der Waals surface area contributed by atoms with Crippen LogP contribution in [0.4, 0.5) is 15.8 Å². The number of nitrogens with one attached hydrogen (secondary N) is 2. The van der Waals surface area contributed by atoms with Crippen molar-refractivity contribution in [3.05, 3.63) is 65.8 Å². The standard InChI is InChI=1S/C20H17FN4O3S/c21-13-7-9-14(10-8-13)22-18(27)15-3-1-2-4-16(15)23-17(26)11-29-20-25-24-19(28-20)12-5-6-12/h1-4,7-10,12H,5-6,11H2,(H,22,27)(H,23,26). The molecule has 9 heteroatoms. The van der Waals surface area contributed by atoms with Crippen LogP contribution in [0.25, 0.3) is 0 Å². The minimum atomic E-state index is -0.411. The molecule has 1 aliphatic carbocycles. The van der Waals surface area contributed by atoms with Crippen molar-refractivity contribution in [3.8, 4) is 0 Å². The molecule has 4 rings (SSSR count). The number of carbonyl (C=O) groups is 2. The van der Waals surface area contributed by atoms with Crippen LogP contribution in [0.5, 0.6) is 0 Å². The maximum atomic E-state index is 13.0. The summed E-state index contributed by atoms with van der Waals surface area (Å²) < 4.78 is 18.5. The van der Waals surface area contributed by atoms with Gasteiger partial charge in [-0.3, -0.25) is 9.59 Å². The van der Waals surface area contributed by atoms with Crippen molar-refractivity contribution in [2.24, 2.45) is 0 Å². The zero-order valence-electron chi connectivity index (χ0n) is 15.2. The van der Waals surface area contributed by atoms with Gasteiger partial charge in [-0.1, -0.05) is 23.9 Å². The van der Waals surface area contributed by atoms with Gasteiger partial charge in [-0.2, -0.15) is 0 Å². The minimum absolute atomic E-state index is 0.0697. The summed E-state index contributed by atoms with van der Waals surface area (Å²) in [5.74, 6) is -0.0545. The Bertz CT molecular complexity index is 1030. The average molecular weight is 412 g/mol. The first-order valence-electron chi connectivity index (χ1n) is 9.00. The summed E-state index contributed by atoms with van der Waals surface area (Å²) in [4.78, 5) is 24.9. The number of hydrogen-bond acceptors (Lipinski definition) is 6. The Labute approximate surface area is 170 Å². The highest BCUT2D eigenvalue weighted by molar-refractivity contribution is 7.99. The Morgan fingerprint density at radius 1 is 1.07 bits per heavy atom. The molecule has 29 heavy (non-hydrogen) atoms. The Morgan fingerprint density at radius 2 is 1.83 bits per heavy atom. The SMILES string of the molecule is O=C(CSc1nnc(C2CC2)o1)Nc1ccccc1C(=O)Nc1ccc(F)cc1. The van der Waals surface area contributed by atoms with Crippen molar-refractivity contribution in [2.45, 2.75) is 24.0 Å². The van der Waals surface area contributed by atoms with Crippen LogP contribution in [0.1, 0.15) is 35.0 Å². The molecule has 1 aromatic heterocycles. The fraction of sp³-hybridized carbons (Fsp3) is 0.200. The van der Waals surface area contributed by atoms with E-state index in [4.69, 9.17) is 4.42 Å². The number of nitrogens with zero attached hydrogens (tertiary/aromatic N) is 2. The van der Waals surface area contributed by atoms with Gasteiger partial charge in [-0.05, 0) is 49.2 Å². The maximum absolute atomic E-state index is 13.0. The number of carbonyl (C=O) groups excluding carboxylic acids is 2. The lowest BCUT2D eigenvalue weighted by Gasteiger charge is -2.11. The van der Waals surface area contributed by atoms with E-state index in [-0.39, 0.29) is 11.7 Å². The monoisotopic (exact) mass is 412 g/mol. The summed E-state index contributed by atoms with van der Waals surface area (Å²) in [5.41, 5.74) is 1.13. The third-order valence-corrected chi connectivity index (χ3v) is 5.04. The second-order valence-electron chi connectivity index (χ2n) is 6.52. The summed E-state index contributed by atoms with van der Waals surface area (Å²) in [6.45, 7) is 0. The summed E-state index contributed by atoms with van der Waals surface area (Å²) in [6.07, 6.45) is 2.12. The number of halogens is 1. The lowest BCUT2D eigenvalue weighted by Crippen LogP contribution is -2.19. The fourth-order valence-corrected chi connectivity index (χ4v) is 3.18. The molecule has 1 aliphatic rings. The smallest absolute Gasteiger partial charge is 0.277 e.